The van der Waals surface area contributed by atoms with E-state index >= 15 is 4.39 Å². The van der Waals surface area contributed by atoms with Crippen LogP contribution < -0.4 is 14.2 Å². The predicted molar refractivity (Wildman–Crippen MR) is 154 cm³/mol. The average molecular weight is 554 g/mol. The maximum absolute atomic E-state index is 15.3. The molecule has 2 atom stereocenters. The SMILES string of the molecule is COC(=O)CC1COc2cc(OC3CCc4c(-c5c(C)cc(-c6ccc(OC)cn6)cc5C)ccc(F)c43)ccc21. The molecule has 7 heteroatoms. The molecule has 0 fully saturated rings. The van der Waals surface area contributed by atoms with Crippen LogP contribution in [0.15, 0.2) is 60.8 Å². The lowest BCUT2D eigenvalue weighted by atomic mass is 9.88. The molecule has 0 amide bonds. The number of rotatable bonds is 7. The summed E-state index contributed by atoms with van der Waals surface area (Å²) in [5.74, 6) is 1.47. The van der Waals surface area contributed by atoms with Crippen LogP contribution in [-0.4, -0.2) is 31.8 Å². The molecule has 3 aromatic carbocycles. The highest BCUT2D eigenvalue weighted by molar-refractivity contribution is 5.79. The number of carbonyl (C=O) groups excluding carboxylic acids is 1. The highest BCUT2D eigenvalue weighted by Gasteiger charge is 2.32. The Kier molecular flexibility index (Phi) is 7.12. The first kappa shape index (κ1) is 26.8. The van der Waals surface area contributed by atoms with E-state index in [9.17, 15) is 4.79 Å². The van der Waals surface area contributed by atoms with Crippen LogP contribution in [0.25, 0.3) is 22.4 Å². The number of halogens is 1. The summed E-state index contributed by atoms with van der Waals surface area (Å²) in [5, 5.41) is 0. The first-order valence-electron chi connectivity index (χ1n) is 13.8. The summed E-state index contributed by atoms with van der Waals surface area (Å²) in [7, 11) is 3.01. The Balaban J connectivity index is 1.28. The van der Waals surface area contributed by atoms with Crippen molar-refractivity contribution in [1.29, 1.82) is 0 Å². The molecule has 0 saturated carbocycles. The maximum Gasteiger partial charge on any atom is 0.306 e. The van der Waals surface area contributed by atoms with Crippen molar-refractivity contribution in [2.45, 2.75) is 45.1 Å². The minimum atomic E-state index is -0.404. The van der Waals surface area contributed by atoms with Gasteiger partial charge in [-0.15, -0.1) is 0 Å². The number of methoxy groups -OCH3 is 2. The van der Waals surface area contributed by atoms with E-state index in [4.69, 9.17) is 18.9 Å². The predicted octanol–water partition coefficient (Wildman–Crippen LogP) is 7.29. The molecular weight excluding hydrogens is 521 g/mol. The third-order valence-corrected chi connectivity index (χ3v) is 8.14. The minimum Gasteiger partial charge on any atom is -0.495 e. The summed E-state index contributed by atoms with van der Waals surface area (Å²) in [4.78, 5) is 16.3. The highest BCUT2D eigenvalue weighted by Crippen LogP contribution is 2.45. The molecule has 2 heterocycles. The van der Waals surface area contributed by atoms with Gasteiger partial charge >= 0.3 is 5.97 Å². The summed E-state index contributed by atoms with van der Waals surface area (Å²) in [6.07, 6.45) is 2.98. The molecule has 41 heavy (non-hydrogen) atoms. The monoisotopic (exact) mass is 553 g/mol. The fourth-order valence-corrected chi connectivity index (χ4v) is 6.18. The van der Waals surface area contributed by atoms with Crippen LogP contribution in [0.3, 0.4) is 0 Å². The quantitative estimate of drug-likeness (QED) is 0.224. The van der Waals surface area contributed by atoms with Crippen molar-refractivity contribution in [3.63, 3.8) is 0 Å². The van der Waals surface area contributed by atoms with Gasteiger partial charge in [0, 0.05) is 28.7 Å². The Morgan fingerprint density at radius 2 is 1.80 bits per heavy atom. The van der Waals surface area contributed by atoms with Crippen LogP contribution in [0.4, 0.5) is 4.39 Å². The molecule has 6 rings (SSSR count). The van der Waals surface area contributed by atoms with Crippen molar-refractivity contribution in [2.75, 3.05) is 20.8 Å². The second kappa shape index (κ2) is 10.9. The van der Waals surface area contributed by atoms with Crippen molar-refractivity contribution in [1.82, 2.24) is 4.98 Å². The van der Waals surface area contributed by atoms with Crippen molar-refractivity contribution in [3.8, 4) is 39.6 Å². The van der Waals surface area contributed by atoms with Crippen LogP contribution in [0, 0.1) is 19.7 Å². The van der Waals surface area contributed by atoms with E-state index in [1.165, 1.54) is 7.11 Å². The Hall–Kier alpha value is -4.39. The molecule has 0 radical (unpaired) electrons. The molecule has 0 spiro atoms. The van der Waals surface area contributed by atoms with Crippen molar-refractivity contribution < 1.29 is 28.1 Å². The number of esters is 1. The van der Waals surface area contributed by atoms with E-state index < -0.39 is 6.10 Å². The van der Waals surface area contributed by atoms with Gasteiger partial charge in [-0.3, -0.25) is 9.78 Å². The van der Waals surface area contributed by atoms with E-state index in [1.807, 2.05) is 36.4 Å². The standard InChI is InChI=1S/C34H32FNO5/c1-19-13-21(29-11-6-24(38-3)17-36-29)14-20(2)33(19)26-8-10-28(35)34-27(26)9-12-30(34)41-23-5-7-25-22(15-32(37)39-4)18-40-31(25)16-23/h5-8,10-11,13-14,16-17,22,30H,9,12,15,18H2,1-4H3. The molecule has 6 nitrogen and oxygen atoms in total. The summed E-state index contributed by atoms with van der Waals surface area (Å²) in [6, 6.07) is 17.2. The van der Waals surface area contributed by atoms with Gasteiger partial charge in [-0.2, -0.15) is 0 Å². The van der Waals surface area contributed by atoms with Crippen molar-refractivity contribution >= 4 is 5.97 Å². The topological polar surface area (TPSA) is 66.9 Å². The summed E-state index contributed by atoms with van der Waals surface area (Å²) < 4.78 is 37.6. The summed E-state index contributed by atoms with van der Waals surface area (Å²) in [5.41, 5.74) is 8.83. The molecule has 2 aliphatic rings. The molecule has 0 saturated heterocycles. The zero-order chi connectivity index (χ0) is 28.7. The Morgan fingerprint density at radius 3 is 2.51 bits per heavy atom. The third-order valence-electron chi connectivity index (χ3n) is 8.14. The fourth-order valence-electron chi connectivity index (χ4n) is 6.18. The molecule has 210 valence electrons. The molecule has 0 N–H and O–H groups in total. The second-order valence-corrected chi connectivity index (χ2v) is 10.7. The molecule has 1 aromatic heterocycles. The summed E-state index contributed by atoms with van der Waals surface area (Å²) in [6.45, 7) is 4.60. The molecule has 2 unspecified atom stereocenters. The Morgan fingerprint density at radius 1 is 1.02 bits per heavy atom. The number of pyridine rings is 1. The number of fused-ring (bicyclic) bond motifs is 2. The molecule has 1 aliphatic heterocycles. The van der Waals surface area contributed by atoms with E-state index in [2.05, 4.69) is 31.0 Å². The van der Waals surface area contributed by atoms with Gasteiger partial charge in [0.1, 0.15) is 29.2 Å². The van der Waals surface area contributed by atoms with Gasteiger partial charge in [-0.1, -0.05) is 12.1 Å². The van der Waals surface area contributed by atoms with Gasteiger partial charge in [0.05, 0.1) is 39.1 Å². The van der Waals surface area contributed by atoms with Crippen LogP contribution in [0.5, 0.6) is 17.2 Å². The van der Waals surface area contributed by atoms with Crippen LogP contribution in [-0.2, 0) is 16.0 Å². The minimum absolute atomic E-state index is 0.0444. The van der Waals surface area contributed by atoms with E-state index in [0.29, 0.717) is 35.8 Å². The number of aromatic nitrogens is 1. The van der Waals surface area contributed by atoms with Gasteiger partial charge in [-0.05, 0) is 90.9 Å². The molecule has 1 aliphatic carbocycles. The van der Waals surface area contributed by atoms with Crippen LogP contribution in [0.1, 0.15) is 52.7 Å². The third kappa shape index (κ3) is 5.01. The number of nitrogens with zero attached hydrogens (tertiary/aromatic N) is 1. The highest BCUT2D eigenvalue weighted by atomic mass is 19.1. The second-order valence-electron chi connectivity index (χ2n) is 10.7. The van der Waals surface area contributed by atoms with E-state index in [0.717, 1.165) is 51.1 Å². The van der Waals surface area contributed by atoms with Crippen LogP contribution in [0.2, 0.25) is 0 Å². The molecule has 0 bridgehead atoms. The zero-order valence-electron chi connectivity index (χ0n) is 23.6. The lowest BCUT2D eigenvalue weighted by Crippen LogP contribution is -2.09. The van der Waals surface area contributed by atoms with Crippen LogP contribution >= 0.6 is 0 Å². The zero-order valence-corrected chi connectivity index (χ0v) is 23.6. The van der Waals surface area contributed by atoms with Gasteiger partial charge in [0.15, 0.2) is 0 Å². The first-order chi connectivity index (χ1) is 19.9. The van der Waals surface area contributed by atoms with Gasteiger partial charge in [0.2, 0.25) is 0 Å². The lowest BCUT2D eigenvalue weighted by molar-refractivity contribution is -0.141. The Labute approximate surface area is 239 Å². The maximum atomic E-state index is 15.3. The number of ether oxygens (including phenoxy) is 4. The van der Waals surface area contributed by atoms with Gasteiger partial charge in [-0.25, -0.2) is 4.39 Å². The molecular formula is C34H32FNO5. The van der Waals surface area contributed by atoms with E-state index in [1.54, 1.807) is 19.4 Å². The lowest BCUT2D eigenvalue weighted by Gasteiger charge is -2.19. The number of aryl methyl sites for hydroxylation is 2. The van der Waals surface area contributed by atoms with E-state index in [-0.39, 0.29) is 24.1 Å². The number of carbonyl (C=O) groups is 1. The van der Waals surface area contributed by atoms with Gasteiger partial charge < -0.3 is 18.9 Å². The Bertz CT molecular complexity index is 1610. The van der Waals surface area contributed by atoms with Crippen molar-refractivity contribution in [3.05, 3.63) is 94.4 Å². The number of hydrogen-bond donors (Lipinski definition) is 0. The number of benzene rings is 3. The largest absolute Gasteiger partial charge is 0.495 e. The van der Waals surface area contributed by atoms with Crippen molar-refractivity contribution in [2.24, 2.45) is 0 Å². The fraction of sp³-hybridized carbons (Fsp3) is 0.294. The average Bonchev–Trinajstić information content (AvgIpc) is 3.58. The smallest absolute Gasteiger partial charge is 0.306 e. The first-order valence-corrected chi connectivity index (χ1v) is 13.8. The van der Waals surface area contributed by atoms with Gasteiger partial charge in [0.25, 0.3) is 0 Å². The number of hydrogen-bond acceptors (Lipinski definition) is 6. The molecule has 4 aromatic rings. The normalized spacial score (nSPS) is 17.0. The summed E-state index contributed by atoms with van der Waals surface area (Å²) >= 11 is 0.